The fourth-order valence-electron chi connectivity index (χ4n) is 6.18. The molecule has 3 N–H and O–H groups in total. The molecule has 5 rings (SSSR count). The number of hydrogen-bond acceptors (Lipinski definition) is 4. The molecule has 0 spiro atoms. The van der Waals surface area contributed by atoms with Gasteiger partial charge in [-0.15, -0.1) is 0 Å². The Morgan fingerprint density at radius 2 is 1.83 bits per heavy atom. The Labute approximate surface area is 171 Å². The van der Waals surface area contributed by atoms with Gasteiger partial charge in [-0.05, 0) is 86.8 Å². The van der Waals surface area contributed by atoms with Crippen molar-refractivity contribution in [3.63, 3.8) is 0 Å². The summed E-state index contributed by atoms with van der Waals surface area (Å²) in [6.07, 6.45) is 8.96. The fraction of sp³-hybridized carbons (Fsp3) is 0.522. The van der Waals surface area contributed by atoms with Gasteiger partial charge in [-0.1, -0.05) is 6.07 Å². The second-order valence-corrected chi connectivity index (χ2v) is 9.18. The number of carboxylic acid groups (broad SMARTS) is 1. The molecule has 1 amide bonds. The number of carbonyl (C=O) groups is 2. The molecule has 6 heteroatoms. The molecule has 0 aliphatic heterocycles. The number of carboxylic acids is 1. The van der Waals surface area contributed by atoms with E-state index in [0.717, 1.165) is 17.8 Å². The summed E-state index contributed by atoms with van der Waals surface area (Å²) < 4.78 is 0. The van der Waals surface area contributed by atoms with Gasteiger partial charge in [0.05, 0.1) is 5.56 Å². The average molecular weight is 393 g/mol. The number of benzene rings is 1. The smallest absolute Gasteiger partial charge is 0.335 e. The van der Waals surface area contributed by atoms with E-state index in [9.17, 15) is 14.9 Å². The minimum Gasteiger partial charge on any atom is -0.478 e. The molecule has 1 aromatic carbocycles. The van der Waals surface area contributed by atoms with Crippen LogP contribution in [0.3, 0.4) is 0 Å². The summed E-state index contributed by atoms with van der Waals surface area (Å²) in [5, 5.41) is 24.5. The standard InChI is InChI=1S/C23H27N3O3/c1-14(23-9-15-5-16(10-23)7-17(6-15)11-23)26-21(27)19(12-24)13-25-20-4-2-3-18(8-20)22(28)29/h2-4,8,13-17,25H,5-7,9-11H2,1H3,(H,26,27)(H,28,29)/b19-13-. The minimum atomic E-state index is -1.03. The van der Waals surface area contributed by atoms with Gasteiger partial charge in [0.1, 0.15) is 11.6 Å². The molecule has 0 heterocycles. The normalized spacial score (nSPS) is 31.0. The first-order valence-electron chi connectivity index (χ1n) is 10.4. The number of nitrogens with zero attached hydrogens (tertiary/aromatic N) is 1. The number of nitriles is 1. The lowest BCUT2D eigenvalue weighted by molar-refractivity contribution is -0.122. The van der Waals surface area contributed by atoms with Crippen molar-refractivity contribution in [3.05, 3.63) is 41.6 Å². The van der Waals surface area contributed by atoms with Gasteiger partial charge in [0, 0.05) is 17.9 Å². The van der Waals surface area contributed by atoms with E-state index in [-0.39, 0.29) is 28.5 Å². The molecular weight excluding hydrogens is 366 g/mol. The first-order valence-corrected chi connectivity index (χ1v) is 10.4. The van der Waals surface area contributed by atoms with Crippen molar-refractivity contribution in [1.82, 2.24) is 5.32 Å². The first kappa shape index (κ1) is 19.5. The van der Waals surface area contributed by atoms with Crippen LogP contribution in [-0.4, -0.2) is 23.0 Å². The highest BCUT2D eigenvalue weighted by Gasteiger charge is 2.53. The largest absolute Gasteiger partial charge is 0.478 e. The highest BCUT2D eigenvalue weighted by Crippen LogP contribution is 2.61. The van der Waals surface area contributed by atoms with Crippen LogP contribution in [0.1, 0.15) is 55.8 Å². The van der Waals surface area contributed by atoms with Crippen molar-refractivity contribution >= 4 is 17.6 Å². The summed E-state index contributed by atoms with van der Waals surface area (Å²) in [7, 11) is 0. The zero-order valence-electron chi connectivity index (χ0n) is 16.6. The van der Waals surface area contributed by atoms with Crippen LogP contribution in [0.2, 0.25) is 0 Å². The van der Waals surface area contributed by atoms with E-state index in [1.807, 2.05) is 6.07 Å². The molecule has 29 heavy (non-hydrogen) atoms. The quantitative estimate of drug-likeness (QED) is 0.502. The Hall–Kier alpha value is -2.81. The lowest BCUT2D eigenvalue weighted by Gasteiger charge is -2.59. The van der Waals surface area contributed by atoms with Gasteiger partial charge in [-0.25, -0.2) is 4.79 Å². The summed E-state index contributed by atoms with van der Waals surface area (Å²) in [6.45, 7) is 2.09. The van der Waals surface area contributed by atoms with Gasteiger partial charge in [0.2, 0.25) is 0 Å². The third-order valence-electron chi connectivity index (χ3n) is 7.21. The maximum absolute atomic E-state index is 12.7. The highest BCUT2D eigenvalue weighted by atomic mass is 16.4. The minimum absolute atomic E-state index is 0.0118. The molecule has 0 saturated heterocycles. The SMILES string of the molecule is CC(NC(=O)/C(C#N)=C\Nc1cccc(C(=O)O)c1)C12CC3CC(CC(C3)C1)C2. The van der Waals surface area contributed by atoms with E-state index in [1.54, 1.807) is 12.1 Å². The fourth-order valence-corrected chi connectivity index (χ4v) is 6.18. The molecule has 4 fully saturated rings. The van der Waals surface area contributed by atoms with Crippen LogP contribution >= 0.6 is 0 Å². The second kappa shape index (κ2) is 7.55. The first-order chi connectivity index (χ1) is 13.9. The van der Waals surface area contributed by atoms with Gasteiger partial charge in [-0.2, -0.15) is 5.26 Å². The summed E-state index contributed by atoms with van der Waals surface area (Å²) in [4.78, 5) is 23.8. The predicted molar refractivity (Wildman–Crippen MR) is 109 cm³/mol. The van der Waals surface area contributed by atoms with E-state index >= 15 is 0 Å². The topological polar surface area (TPSA) is 102 Å². The highest BCUT2D eigenvalue weighted by molar-refractivity contribution is 5.97. The molecule has 4 saturated carbocycles. The van der Waals surface area contributed by atoms with E-state index in [2.05, 4.69) is 17.6 Å². The van der Waals surface area contributed by atoms with E-state index in [4.69, 9.17) is 5.11 Å². The molecule has 4 bridgehead atoms. The molecule has 152 valence electrons. The van der Waals surface area contributed by atoms with Crippen LogP contribution < -0.4 is 10.6 Å². The molecule has 4 aliphatic rings. The van der Waals surface area contributed by atoms with Crippen LogP contribution in [-0.2, 0) is 4.79 Å². The molecule has 6 nitrogen and oxygen atoms in total. The average Bonchev–Trinajstić information content (AvgIpc) is 2.67. The number of rotatable bonds is 6. The molecule has 4 aliphatic carbocycles. The zero-order valence-corrected chi connectivity index (χ0v) is 16.6. The van der Waals surface area contributed by atoms with Gasteiger partial charge in [-0.3, -0.25) is 4.79 Å². The Morgan fingerprint density at radius 3 is 2.38 bits per heavy atom. The van der Waals surface area contributed by atoms with Crippen molar-refractivity contribution < 1.29 is 14.7 Å². The van der Waals surface area contributed by atoms with Crippen LogP contribution in [0.4, 0.5) is 5.69 Å². The molecular formula is C23H27N3O3. The van der Waals surface area contributed by atoms with Crippen LogP contribution in [0.15, 0.2) is 36.0 Å². The van der Waals surface area contributed by atoms with Crippen molar-refractivity contribution in [3.8, 4) is 6.07 Å². The van der Waals surface area contributed by atoms with E-state index in [1.165, 1.54) is 56.9 Å². The lowest BCUT2D eigenvalue weighted by Crippen LogP contribution is -2.56. The molecule has 0 radical (unpaired) electrons. The summed E-state index contributed by atoms with van der Waals surface area (Å²) >= 11 is 0. The van der Waals surface area contributed by atoms with Gasteiger partial charge >= 0.3 is 5.97 Å². The Kier molecular flexibility index (Phi) is 5.08. The number of hydrogen-bond donors (Lipinski definition) is 3. The number of amides is 1. The van der Waals surface area contributed by atoms with Crippen molar-refractivity contribution in [2.24, 2.45) is 23.2 Å². The van der Waals surface area contributed by atoms with Crippen LogP contribution in [0.25, 0.3) is 0 Å². The van der Waals surface area contributed by atoms with Crippen molar-refractivity contribution in [2.75, 3.05) is 5.32 Å². The van der Waals surface area contributed by atoms with E-state index < -0.39 is 5.97 Å². The third kappa shape index (κ3) is 3.87. The lowest BCUT2D eigenvalue weighted by atomic mass is 9.48. The van der Waals surface area contributed by atoms with E-state index in [0.29, 0.717) is 5.69 Å². The maximum atomic E-state index is 12.7. The zero-order chi connectivity index (χ0) is 20.6. The van der Waals surface area contributed by atoms with Crippen molar-refractivity contribution in [1.29, 1.82) is 5.26 Å². The second-order valence-electron chi connectivity index (χ2n) is 9.18. The Balaban J connectivity index is 1.43. The van der Waals surface area contributed by atoms with Gasteiger partial charge in [0.25, 0.3) is 5.91 Å². The molecule has 1 aromatic rings. The number of nitrogens with one attached hydrogen (secondary N) is 2. The third-order valence-corrected chi connectivity index (χ3v) is 7.21. The van der Waals surface area contributed by atoms with Crippen molar-refractivity contribution in [2.45, 2.75) is 51.5 Å². The number of carbonyl (C=O) groups excluding carboxylic acids is 1. The number of aromatic carboxylic acids is 1. The van der Waals surface area contributed by atoms with Crippen LogP contribution in [0, 0.1) is 34.5 Å². The van der Waals surface area contributed by atoms with Crippen LogP contribution in [0.5, 0.6) is 0 Å². The van der Waals surface area contributed by atoms with Gasteiger partial charge < -0.3 is 15.7 Å². The summed E-state index contributed by atoms with van der Waals surface area (Å²) in [6, 6.07) is 8.25. The predicted octanol–water partition coefficient (Wildman–Crippen LogP) is 3.93. The monoisotopic (exact) mass is 393 g/mol. The summed E-state index contributed by atoms with van der Waals surface area (Å²) in [5.41, 5.74) is 0.817. The van der Waals surface area contributed by atoms with Gasteiger partial charge in [0.15, 0.2) is 0 Å². The Morgan fingerprint density at radius 1 is 1.21 bits per heavy atom. The number of anilines is 1. The summed E-state index contributed by atoms with van der Waals surface area (Å²) in [5.74, 6) is 0.997. The Bertz CT molecular complexity index is 864. The molecule has 1 atom stereocenters. The molecule has 1 unspecified atom stereocenters. The molecule has 0 aromatic heterocycles. The maximum Gasteiger partial charge on any atom is 0.335 e.